The molecule has 2 heterocycles. The molecule has 1 amide bonds. The fraction of sp³-hybridized carbons (Fsp3) is 0.500. The van der Waals surface area contributed by atoms with E-state index in [9.17, 15) is 13.2 Å². The number of nitrogens with one attached hydrogen (secondary N) is 2. The first-order valence-electron chi connectivity index (χ1n) is 9.04. The maximum atomic E-state index is 12.9. The molecule has 0 bridgehead atoms. The van der Waals surface area contributed by atoms with Gasteiger partial charge in [0.05, 0.1) is 13.2 Å². The maximum Gasteiger partial charge on any atom is 0.270 e. The topological polar surface area (TPSA) is 120 Å². The normalized spacial score (nSPS) is 18.1. The average molecular weight is 441 g/mol. The van der Waals surface area contributed by atoms with Crippen LogP contribution in [0.2, 0.25) is 0 Å². The number of ether oxygens (including phenoxy) is 2. The van der Waals surface area contributed by atoms with Crippen LogP contribution in [0.25, 0.3) is 0 Å². The lowest BCUT2D eigenvalue weighted by atomic mass is 9.90. The molecular weight excluding hydrogens is 416 g/mol. The zero-order valence-electron chi connectivity index (χ0n) is 16.8. The van der Waals surface area contributed by atoms with E-state index in [1.54, 1.807) is 39.2 Å². The second-order valence-corrected chi connectivity index (χ2v) is 10.5. The monoisotopic (exact) mass is 440 g/mol. The van der Waals surface area contributed by atoms with E-state index in [2.05, 4.69) is 20.2 Å². The van der Waals surface area contributed by atoms with Crippen molar-refractivity contribution in [3.05, 3.63) is 23.8 Å². The molecule has 0 saturated carbocycles. The molecule has 0 unspecified atom stereocenters. The summed E-state index contributed by atoms with van der Waals surface area (Å²) in [6, 6.07) is 4.75. The van der Waals surface area contributed by atoms with E-state index in [-0.39, 0.29) is 21.3 Å². The van der Waals surface area contributed by atoms with Crippen LogP contribution in [0, 0.1) is 5.92 Å². The Morgan fingerprint density at radius 2 is 2.07 bits per heavy atom. The number of anilines is 1. The molecule has 3 rings (SSSR count). The van der Waals surface area contributed by atoms with Gasteiger partial charge in [0.15, 0.2) is 0 Å². The van der Waals surface area contributed by atoms with Crippen LogP contribution in [0.15, 0.2) is 22.5 Å². The molecule has 1 aromatic carbocycles. The summed E-state index contributed by atoms with van der Waals surface area (Å²) in [7, 11) is -2.42. The molecule has 0 radical (unpaired) electrons. The molecule has 1 aliphatic rings. The van der Waals surface area contributed by atoms with Crippen molar-refractivity contribution in [2.24, 2.45) is 5.92 Å². The highest BCUT2D eigenvalue weighted by molar-refractivity contribution is 7.91. The standard InChI is InChI=1S/C18H24N4O5S2/c1-10(2)15(23)19-16-20-21-17(28-16)29(24,25)22-13-9-18(3,4)27-14-7-6-11(26-5)8-12(13)14/h6-8,10,13,22H,9H2,1-5H3,(H,19,20,23)/t13-/m1/s1. The van der Waals surface area contributed by atoms with E-state index >= 15 is 0 Å². The fourth-order valence-electron chi connectivity index (χ4n) is 2.92. The van der Waals surface area contributed by atoms with E-state index in [1.165, 1.54) is 0 Å². The van der Waals surface area contributed by atoms with Gasteiger partial charge >= 0.3 is 0 Å². The van der Waals surface area contributed by atoms with Crippen molar-refractivity contribution in [2.75, 3.05) is 12.4 Å². The Kier molecular flexibility index (Phi) is 5.84. The van der Waals surface area contributed by atoms with E-state index in [0.29, 0.717) is 23.5 Å². The van der Waals surface area contributed by atoms with Gasteiger partial charge in [-0.05, 0) is 32.0 Å². The third kappa shape index (κ3) is 4.85. The summed E-state index contributed by atoms with van der Waals surface area (Å²) in [5.41, 5.74) is 0.122. The van der Waals surface area contributed by atoms with Crippen LogP contribution in [0.4, 0.5) is 5.13 Å². The first-order valence-corrected chi connectivity index (χ1v) is 11.3. The number of methoxy groups -OCH3 is 1. The zero-order chi connectivity index (χ0) is 21.4. The van der Waals surface area contributed by atoms with Gasteiger partial charge in [0.1, 0.15) is 17.1 Å². The first-order chi connectivity index (χ1) is 13.5. The Morgan fingerprint density at radius 3 is 2.72 bits per heavy atom. The minimum Gasteiger partial charge on any atom is -0.497 e. The van der Waals surface area contributed by atoms with Crippen LogP contribution in [0.5, 0.6) is 11.5 Å². The van der Waals surface area contributed by atoms with Crippen LogP contribution in [0.1, 0.15) is 45.7 Å². The molecule has 0 aliphatic carbocycles. The predicted molar refractivity (Wildman–Crippen MR) is 109 cm³/mol. The van der Waals surface area contributed by atoms with Crippen LogP contribution < -0.4 is 19.5 Å². The molecule has 0 fully saturated rings. The van der Waals surface area contributed by atoms with Crippen molar-refractivity contribution in [2.45, 2.75) is 50.1 Å². The highest BCUT2D eigenvalue weighted by Gasteiger charge is 2.37. The number of carbonyl (C=O) groups is 1. The van der Waals surface area contributed by atoms with Crippen LogP contribution >= 0.6 is 11.3 Å². The Morgan fingerprint density at radius 1 is 1.34 bits per heavy atom. The quantitative estimate of drug-likeness (QED) is 0.663. The van der Waals surface area contributed by atoms with Gasteiger partial charge in [-0.15, -0.1) is 10.2 Å². The fourth-order valence-corrected chi connectivity index (χ4v) is 5.06. The number of aromatic nitrogens is 2. The molecule has 2 aromatic rings. The minimum atomic E-state index is -3.96. The number of rotatable bonds is 6. The summed E-state index contributed by atoms with van der Waals surface area (Å²) in [5.74, 6) is 0.682. The number of amides is 1. The van der Waals surface area contributed by atoms with Crippen LogP contribution in [0.3, 0.4) is 0 Å². The maximum absolute atomic E-state index is 12.9. The molecule has 11 heteroatoms. The molecule has 1 atom stereocenters. The second kappa shape index (κ2) is 7.88. The van der Waals surface area contributed by atoms with E-state index in [1.807, 2.05) is 13.8 Å². The lowest BCUT2D eigenvalue weighted by Gasteiger charge is -2.37. The summed E-state index contributed by atoms with van der Waals surface area (Å²) in [5, 5.41) is 10.2. The lowest BCUT2D eigenvalue weighted by molar-refractivity contribution is -0.118. The van der Waals surface area contributed by atoms with Crippen molar-refractivity contribution < 1.29 is 22.7 Å². The van der Waals surface area contributed by atoms with E-state index in [0.717, 1.165) is 11.3 Å². The zero-order valence-corrected chi connectivity index (χ0v) is 18.5. The Hall–Kier alpha value is -2.24. The highest BCUT2D eigenvalue weighted by atomic mass is 32.2. The molecular formula is C18H24N4O5S2. The number of fused-ring (bicyclic) bond motifs is 1. The molecule has 0 spiro atoms. The number of benzene rings is 1. The summed E-state index contributed by atoms with van der Waals surface area (Å²) in [4.78, 5) is 11.8. The summed E-state index contributed by atoms with van der Waals surface area (Å²) >= 11 is 0.802. The molecule has 1 aromatic heterocycles. The molecule has 0 saturated heterocycles. The molecule has 29 heavy (non-hydrogen) atoms. The van der Waals surface area contributed by atoms with Crippen LogP contribution in [-0.4, -0.2) is 37.2 Å². The van der Waals surface area contributed by atoms with Crippen molar-refractivity contribution in [1.29, 1.82) is 0 Å². The third-order valence-electron chi connectivity index (χ3n) is 4.36. The molecule has 9 nitrogen and oxygen atoms in total. The Labute approximate surface area is 173 Å². The Bertz CT molecular complexity index is 1020. The average Bonchev–Trinajstić information content (AvgIpc) is 3.09. The molecule has 2 N–H and O–H groups in total. The Balaban J connectivity index is 1.87. The van der Waals surface area contributed by atoms with Crippen molar-refractivity contribution in [1.82, 2.24) is 14.9 Å². The second-order valence-electron chi connectivity index (χ2n) is 7.66. The number of carbonyl (C=O) groups excluding carboxylic acids is 1. The highest BCUT2D eigenvalue weighted by Crippen LogP contribution is 2.41. The van der Waals surface area contributed by atoms with Crippen molar-refractivity contribution in [3.63, 3.8) is 0 Å². The number of sulfonamides is 1. The van der Waals surface area contributed by atoms with Gasteiger partial charge < -0.3 is 14.8 Å². The van der Waals surface area contributed by atoms with Gasteiger partial charge in [-0.1, -0.05) is 25.2 Å². The van der Waals surface area contributed by atoms with Crippen molar-refractivity contribution >= 4 is 32.4 Å². The number of hydrogen-bond acceptors (Lipinski definition) is 8. The number of nitrogens with zero attached hydrogens (tertiary/aromatic N) is 2. The molecule has 158 valence electrons. The summed E-state index contributed by atoms with van der Waals surface area (Å²) in [6.07, 6.45) is 0.419. The van der Waals surface area contributed by atoms with Crippen LogP contribution in [-0.2, 0) is 14.8 Å². The largest absolute Gasteiger partial charge is 0.497 e. The van der Waals surface area contributed by atoms with Gasteiger partial charge in [0, 0.05) is 17.9 Å². The SMILES string of the molecule is COc1ccc2c(c1)[C@H](NS(=O)(=O)c1nnc(NC(=O)C(C)C)s1)CC(C)(C)O2. The van der Waals surface area contributed by atoms with Gasteiger partial charge in [-0.2, -0.15) is 0 Å². The smallest absolute Gasteiger partial charge is 0.270 e. The minimum absolute atomic E-state index is 0.137. The predicted octanol–water partition coefficient (Wildman–Crippen LogP) is 2.72. The van der Waals surface area contributed by atoms with Crippen molar-refractivity contribution in [3.8, 4) is 11.5 Å². The first kappa shape index (κ1) is 21.5. The molecule has 1 aliphatic heterocycles. The van der Waals surface area contributed by atoms with E-state index < -0.39 is 21.7 Å². The number of hydrogen-bond donors (Lipinski definition) is 2. The van der Waals surface area contributed by atoms with Gasteiger partial charge in [-0.3, -0.25) is 4.79 Å². The van der Waals surface area contributed by atoms with Gasteiger partial charge in [0.25, 0.3) is 10.0 Å². The summed E-state index contributed by atoms with van der Waals surface area (Å²) in [6.45, 7) is 7.25. The van der Waals surface area contributed by atoms with E-state index in [4.69, 9.17) is 9.47 Å². The van der Waals surface area contributed by atoms with Gasteiger partial charge in [0.2, 0.25) is 15.4 Å². The van der Waals surface area contributed by atoms with Gasteiger partial charge in [-0.25, -0.2) is 13.1 Å². The lowest BCUT2D eigenvalue weighted by Crippen LogP contribution is -2.41. The summed E-state index contributed by atoms with van der Waals surface area (Å²) < 4.78 is 39.6. The third-order valence-corrected chi connectivity index (χ3v) is 7.04.